The second-order valence-electron chi connectivity index (χ2n) is 6.55. The first-order valence-electron chi connectivity index (χ1n) is 8.71. The lowest BCUT2D eigenvalue weighted by molar-refractivity contribution is 0.0914. The van der Waals surface area contributed by atoms with Gasteiger partial charge in [0, 0.05) is 22.6 Å². The van der Waals surface area contributed by atoms with E-state index in [4.69, 9.17) is 9.15 Å². The lowest BCUT2D eigenvalue weighted by atomic mass is 10.0. The molecule has 3 rings (SSSR count). The average Bonchev–Trinajstić information content (AvgIpc) is 2.67. The van der Waals surface area contributed by atoms with Crippen LogP contribution in [0.1, 0.15) is 22.2 Å². The van der Waals surface area contributed by atoms with Crippen molar-refractivity contribution >= 4 is 32.8 Å². The van der Waals surface area contributed by atoms with E-state index in [-0.39, 0.29) is 17.2 Å². The van der Waals surface area contributed by atoms with Crippen LogP contribution in [-0.2, 0) is 0 Å². The molecule has 0 spiro atoms. The first-order chi connectivity index (χ1) is 13.4. The summed E-state index contributed by atoms with van der Waals surface area (Å²) in [6, 6.07) is 13.9. The average molecular weight is 445 g/mol. The summed E-state index contributed by atoms with van der Waals surface area (Å²) in [7, 11) is 5.47. The second kappa shape index (κ2) is 8.58. The van der Waals surface area contributed by atoms with Gasteiger partial charge >= 0.3 is 0 Å². The third-order valence-corrected chi connectivity index (χ3v) is 4.99. The molecule has 0 fully saturated rings. The minimum absolute atomic E-state index is 0.0202. The predicted octanol–water partition coefficient (Wildman–Crippen LogP) is 3.60. The number of carbonyl (C=O) groups excluding carboxylic acids is 1. The van der Waals surface area contributed by atoms with Crippen LogP contribution in [0, 0.1) is 0 Å². The van der Waals surface area contributed by atoms with Gasteiger partial charge in [0.1, 0.15) is 11.3 Å². The summed E-state index contributed by atoms with van der Waals surface area (Å²) in [5.74, 6) is 0.284. The van der Waals surface area contributed by atoms with Gasteiger partial charge in [-0.15, -0.1) is 0 Å². The predicted molar refractivity (Wildman–Crippen MR) is 112 cm³/mol. The van der Waals surface area contributed by atoms with Crippen molar-refractivity contribution in [3.05, 3.63) is 74.6 Å². The van der Waals surface area contributed by atoms with Crippen molar-refractivity contribution in [2.45, 2.75) is 6.04 Å². The molecule has 0 radical (unpaired) electrons. The van der Waals surface area contributed by atoms with E-state index in [9.17, 15) is 9.59 Å². The number of carbonyl (C=O) groups is 1. The molecular formula is C21H21BrN2O4. The number of methoxy groups -OCH3 is 1. The SMILES string of the molecule is COc1ccccc1C(CNC(=O)c1cc(=O)c2ccc(Br)cc2o1)N(C)C. The van der Waals surface area contributed by atoms with E-state index in [2.05, 4.69) is 21.2 Å². The number of likely N-dealkylation sites (N-methyl/N-ethyl adjacent to an activating group) is 1. The number of hydrogen-bond donors (Lipinski definition) is 1. The molecule has 0 aliphatic carbocycles. The number of hydrogen-bond acceptors (Lipinski definition) is 5. The molecule has 6 nitrogen and oxygen atoms in total. The maximum absolute atomic E-state index is 12.6. The molecule has 0 aliphatic heterocycles. The Hall–Kier alpha value is -2.64. The molecule has 0 bridgehead atoms. The number of halogens is 1. The topological polar surface area (TPSA) is 71.8 Å². The molecule has 3 aromatic rings. The fourth-order valence-corrected chi connectivity index (χ4v) is 3.37. The van der Waals surface area contributed by atoms with Gasteiger partial charge in [0.05, 0.1) is 18.5 Å². The molecule has 1 N–H and O–H groups in total. The molecule has 0 saturated carbocycles. The maximum Gasteiger partial charge on any atom is 0.287 e. The summed E-state index contributed by atoms with van der Waals surface area (Å²) >= 11 is 3.34. The van der Waals surface area contributed by atoms with Crippen molar-refractivity contribution in [2.24, 2.45) is 0 Å². The Balaban J connectivity index is 1.84. The number of amides is 1. The highest BCUT2D eigenvalue weighted by Crippen LogP contribution is 2.27. The van der Waals surface area contributed by atoms with Gasteiger partial charge in [0.2, 0.25) is 0 Å². The summed E-state index contributed by atoms with van der Waals surface area (Å²) in [6.07, 6.45) is 0. The standard InChI is InChI=1S/C21H21BrN2O4/c1-24(2)16(14-6-4-5-7-18(14)27-3)12-23-21(26)20-11-17(25)15-9-8-13(22)10-19(15)28-20/h4-11,16H,12H2,1-3H3,(H,23,26). The Morgan fingerprint density at radius 1 is 1.21 bits per heavy atom. The van der Waals surface area contributed by atoms with Crippen LogP contribution < -0.4 is 15.5 Å². The van der Waals surface area contributed by atoms with Gasteiger partial charge in [-0.3, -0.25) is 9.59 Å². The Labute approximate surface area is 171 Å². The van der Waals surface area contributed by atoms with Gasteiger partial charge in [-0.2, -0.15) is 0 Å². The molecule has 1 amide bonds. The number of benzene rings is 2. The first-order valence-corrected chi connectivity index (χ1v) is 9.51. The molecular weight excluding hydrogens is 424 g/mol. The van der Waals surface area contributed by atoms with E-state index in [1.165, 1.54) is 6.07 Å². The zero-order chi connectivity index (χ0) is 20.3. The van der Waals surface area contributed by atoms with Gasteiger partial charge in [-0.05, 0) is 38.4 Å². The van der Waals surface area contributed by atoms with Gasteiger partial charge in [0.25, 0.3) is 5.91 Å². The molecule has 1 atom stereocenters. The minimum Gasteiger partial charge on any atom is -0.496 e. The molecule has 28 heavy (non-hydrogen) atoms. The third-order valence-electron chi connectivity index (χ3n) is 4.49. The number of ether oxygens (including phenoxy) is 1. The summed E-state index contributed by atoms with van der Waals surface area (Å²) in [6.45, 7) is 0.326. The van der Waals surface area contributed by atoms with Gasteiger partial charge in [0.15, 0.2) is 11.2 Å². The molecule has 2 aromatic carbocycles. The van der Waals surface area contributed by atoms with Crippen LogP contribution in [0.15, 0.2) is 62.2 Å². The van der Waals surface area contributed by atoms with Crippen molar-refractivity contribution in [3.8, 4) is 5.75 Å². The van der Waals surface area contributed by atoms with Crippen molar-refractivity contribution < 1.29 is 13.9 Å². The molecule has 146 valence electrons. The monoisotopic (exact) mass is 444 g/mol. The summed E-state index contributed by atoms with van der Waals surface area (Å²) in [5.41, 5.74) is 1.06. The van der Waals surface area contributed by atoms with Crippen LogP contribution in [0.5, 0.6) is 5.75 Å². The van der Waals surface area contributed by atoms with Crippen molar-refractivity contribution in [1.29, 1.82) is 0 Å². The van der Waals surface area contributed by atoms with Crippen LogP contribution >= 0.6 is 15.9 Å². The highest BCUT2D eigenvalue weighted by molar-refractivity contribution is 9.10. The van der Waals surface area contributed by atoms with E-state index >= 15 is 0 Å². The highest BCUT2D eigenvalue weighted by Gasteiger charge is 2.20. The second-order valence-corrected chi connectivity index (χ2v) is 7.46. The van der Waals surface area contributed by atoms with E-state index < -0.39 is 5.91 Å². The van der Waals surface area contributed by atoms with Gasteiger partial charge in [-0.25, -0.2) is 0 Å². The minimum atomic E-state index is -0.444. The fourth-order valence-electron chi connectivity index (χ4n) is 3.03. The normalized spacial score (nSPS) is 12.2. The van der Waals surface area contributed by atoms with E-state index in [0.717, 1.165) is 15.8 Å². The number of fused-ring (bicyclic) bond motifs is 1. The molecule has 7 heteroatoms. The number of rotatable bonds is 6. The zero-order valence-electron chi connectivity index (χ0n) is 15.9. The highest BCUT2D eigenvalue weighted by atomic mass is 79.9. The zero-order valence-corrected chi connectivity index (χ0v) is 17.4. The van der Waals surface area contributed by atoms with E-state index in [1.807, 2.05) is 43.3 Å². The lowest BCUT2D eigenvalue weighted by Crippen LogP contribution is -2.35. The van der Waals surface area contributed by atoms with E-state index in [1.54, 1.807) is 25.3 Å². The Kier molecular flexibility index (Phi) is 6.16. The molecule has 0 saturated heterocycles. The molecule has 1 heterocycles. The molecule has 1 unspecified atom stereocenters. The van der Waals surface area contributed by atoms with Crippen LogP contribution in [0.25, 0.3) is 11.0 Å². The quantitative estimate of drug-likeness (QED) is 0.628. The summed E-state index contributed by atoms with van der Waals surface area (Å²) < 4.78 is 11.9. The van der Waals surface area contributed by atoms with Crippen LogP contribution in [0.4, 0.5) is 0 Å². The van der Waals surface area contributed by atoms with Crippen LogP contribution in [0.3, 0.4) is 0 Å². The van der Waals surface area contributed by atoms with Crippen molar-refractivity contribution in [1.82, 2.24) is 10.2 Å². The fraction of sp³-hybridized carbons (Fsp3) is 0.238. The Morgan fingerprint density at radius 3 is 2.68 bits per heavy atom. The number of para-hydroxylation sites is 1. The first kappa shape index (κ1) is 20.1. The van der Waals surface area contributed by atoms with Gasteiger partial charge < -0.3 is 19.4 Å². The molecule has 1 aromatic heterocycles. The van der Waals surface area contributed by atoms with Gasteiger partial charge in [-0.1, -0.05) is 34.1 Å². The summed E-state index contributed by atoms with van der Waals surface area (Å²) in [4.78, 5) is 26.9. The van der Waals surface area contributed by atoms with E-state index in [0.29, 0.717) is 17.5 Å². The van der Waals surface area contributed by atoms with Crippen LogP contribution in [-0.4, -0.2) is 38.6 Å². The summed E-state index contributed by atoms with van der Waals surface area (Å²) in [5, 5.41) is 3.29. The maximum atomic E-state index is 12.6. The molecule has 0 aliphatic rings. The Morgan fingerprint density at radius 2 is 1.96 bits per heavy atom. The Bertz CT molecular complexity index is 1060. The van der Waals surface area contributed by atoms with Crippen LogP contribution in [0.2, 0.25) is 0 Å². The third kappa shape index (κ3) is 4.26. The number of nitrogens with one attached hydrogen (secondary N) is 1. The van der Waals surface area contributed by atoms with Crippen molar-refractivity contribution in [2.75, 3.05) is 27.7 Å². The largest absolute Gasteiger partial charge is 0.496 e. The lowest BCUT2D eigenvalue weighted by Gasteiger charge is -2.26. The number of nitrogens with zero attached hydrogens (tertiary/aromatic N) is 1. The van der Waals surface area contributed by atoms with Crippen molar-refractivity contribution in [3.63, 3.8) is 0 Å². The smallest absolute Gasteiger partial charge is 0.287 e.